The summed E-state index contributed by atoms with van der Waals surface area (Å²) >= 11 is 0. The van der Waals surface area contributed by atoms with Crippen molar-refractivity contribution in [1.29, 1.82) is 0 Å². The number of nitrogens with one attached hydrogen (secondary N) is 1. The highest BCUT2D eigenvalue weighted by Gasteiger charge is 1.99. The Morgan fingerprint density at radius 2 is 1.74 bits per heavy atom. The Bertz CT molecular complexity index is 537. The Balaban J connectivity index is 1.96. The van der Waals surface area contributed by atoms with Gasteiger partial charge in [-0.3, -0.25) is 0 Å². The lowest BCUT2D eigenvalue weighted by molar-refractivity contribution is 0.185. The van der Waals surface area contributed by atoms with E-state index in [1.54, 1.807) is 20.1 Å². The van der Waals surface area contributed by atoms with Crippen molar-refractivity contribution in [1.82, 2.24) is 0 Å². The van der Waals surface area contributed by atoms with Gasteiger partial charge in [0.2, 0.25) is 0 Å². The SMILES string of the molecule is COCc1ccc(CNc2ccc(C)c(F)c2)cc1. The second kappa shape index (κ2) is 6.34. The van der Waals surface area contributed by atoms with Gasteiger partial charge in [-0.15, -0.1) is 0 Å². The van der Waals surface area contributed by atoms with E-state index in [0.717, 1.165) is 16.8 Å². The molecule has 2 aromatic rings. The molecule has 0 saturated carbocycles. The maximum absolute atomic E-state index is 13.4. The number of anilines is 1. The maximum atomic E-state index is 13.4. The highest BCUT2D eigenvalue weighted by atomic mass is 19.1. The molecule has 3 heteroatoms. The first-order valence-electron chi connectivity index (χ1n) is 6.26. The minimum Gasteiger partial charge on any atom is -0.381 e. The van der Waals surface area contributed by atoms with Crippen molar-refractivity contribution < 1.29 is 9.13 Å². The molecule has 2 nitrogen and oxygen atoms in total. The minimum atomic E-state index is -0.180. The summed E-state index contributed by atoms with van der Waals surface area (Å²) in [5, 5.41) is 3.21. The molecule has 0 heterocycles. The monoisotopic (exact) mass is 259 g/mol. The molecule has 0 aliphatic carbocycles. The summed E-state index contributed by atoms with van der Waals surface area (Å²) in [5.41, 5.74) is 3.76. The molecular weight excluding hydrogens is 241 g/mol. The molecule has 2 rings (SSSR count). The van der Waals surface area contributed by atoms with Crippen LogP contribution in [0.15, 0.2) is 42.5 Å². The molecule has 0 fully saturated rings. The number of rotatable bonds is 5. The van der Waals surface area contributed by atoms with E-state index in [2.05, 4.69) is 5.32 Å². The Hall–Kier alpha value is -1.87. The quantitative estimate of drug-likeness (QED) is 0.879. The topological polar surface area (TPSA) is 21.3 Å². The van der Waals surface area contributed by atoms with Crippen LogP contribution in [-0.4, -0.2) is 7.11 Å². The molecule has 0 aliphatic rings. The van der Waals surface area contributed by atoms with Gasteiger partial charge < -0.3 is 10.1 Å². The molecule has 0 bridgehead atoms. The van der Waals surface area contributed by atoms with Crippen LogP contribution in [-0.2, 0) is 17.9 Å². The van der Waals surface area contributed by atoms with Gasteiger partial charge in [0.25, 0.3) is 0 Å². The average molecular weight is 259 g/mol. The van der Waals surface area contributed by atoms with E-state index in [9.17, 15) is 4.39 Å². The number of benzene rings is 2. The van der Waals surface area contributed by atoms with E-state index in [1.807, 2.05) is 30.3 Å². The predicted molar refractivity (Wildman–Crippen MR) is 75.6 cm³/mol. The molecule has 0 spiro atoms. The lowest BCUT2D eigenvalue weighted by Gasteiger charge is -2.08. The molecule has 0 unspecified atom stereocenters. The molecule has 0 amide bonds. The zero-order valence-corrected chi connectivity index (χ0v) is 11.2. The van der Waals surface area contributed by atoms with Crippen LogP contribution in [0.2, 0.25) is 0 Å². The second-order valence-electron chi connectivity index (χ2n) is 4.57. The molecule has 100 valence electrons. The van der Waals surface area contributed by atoms with Crippen LogP contribution in [0.1, 0.15) is 16.7 Å². The van der Waals surface area contributed by atoms with Crippen LogP contribution in [0.5, 0.6) is 0 Å². The van der Waals surface area contributed by atoms with Crippen LogP contribution < -0.4 is 5.32 Å². The molecule has 0 atom stereocenters. The summed E-state index contributed by atoms with van der Waals surface area (Å²) < 4.78 is 18.5. The molecule has 0 saturated heterocycles. The number of ether oxygens (including phenoxy) is 1. The third-order valence-electron chi connectivity index (χ3n) is 3.00. The zero-order chi connectivity index (χ0) is 13.7. The first-order valence-corrected chi connectivity index (χ1v) is 6.26. The van der Waals surface area contributed by atoms with Crippen molar-refractivity contribution in [3.05, 3.63) is 65.0 Å². The third-order valence-corrected chi connectivity index (χ3v) is 3.00. The van der Waals surface area contributed by atoms with Gasteiger partial charge in [0, 0.05) is 19.3 Å². The summed E-state index contributed by atoms with van der Waals surface area (Å²) in [6.45, 7) is 3.06. The van der Waals surface area contributed by atoms with Crippen molar-refractivity contribution in [3.8, 4) is 0 Å². The number of hydrogen-bond acceptors (Lipinski definition) is 2. The first kappa shape index (κ1) is 13.6. The molecule has 19 heavy (non-hydrogen) atoms. The highest BCUT2D eigenvalue weighted by Crippen LogP contribution is 2.15. The van der Waals surface area contributed by atoms with E-state index < -0.39 is 0 Å². The van der Waals surface area contributed by atoms with Crippen molar-refractivity contribution in [3.63, 3.8) is 0 Å². The van der Waals surface area contributed by atoms with Gasteiger partial charge in [-0.1, -0.05) is 30.3 Å². The summed E-state index contributed by atoms with van der Waals surface area (Å²) in [6.07, 6.45) is 0. The Morgan fingerprint density at radius 3 is 2.37 bits per heavy atom. The normalized spacial score (nSPS) is 10.5. The fraction of sp³-hybridized carbons (Fsp3) is 0.250. The van der Waals surface area contributed by atoms with Gasteiger partial charge >= 0.3 is 0 Å². The fourth-order valence-electron chi connectivity index (χ4n) is 1.83. The summed E-state index contributed by atoms with van der Waals surface area (Å²) in [4.78, 5) is 0. The molecule has 0 aliphatic heterocycles. The summed E-state index contributed by atoms with van der Waals surface area (Å²) in [6, 6.07) is 13.4. The third kappa shape index (κ3) is 3.80. The Morgan fingerprint density at radius 1 is 1.05 bits per heavy atom. The Kier molecular flexibility index (Phi) is 4.53. The maximum Gasteiger partial charge on any atom is 0.128 e. The van der Waals surface area contributed by atoms with Crippen molar-refractivity contribution in [2.24, 2.45) is 0 Å². The summed E-state index contributed by atoms with van der Waals surface area (Å²) in [7, 11) is 1.68. The van der Waals surface area contributed by atoms with Crippen molar-refractivity contribution in [2.45, 2.75) is 20.1 Å². The predicted octanol–water partition coefficient (Wildman–Crippen LogP) is 3.89. The lowest BCUT2D eigenvalue weighted by Crippen LogP contribution is -2.00. The van der Waals surface area contributed by atoms with Crippen LogP contribution in [0, 0.1) is 12.7 Å². The van der Waals surface area contributed by atoms with Gasteiger partial charge in [-0.25, -0.2) is 4.39 Å². The highest BCUT2D eigenvalue weighted by molar-refractivity contribution is 5.45. The van der Waals surface area contributed by atoms with E-state index in [1.165, 1.54) is 6.07 Å². The van der Waals surface area contributed by atoms with Gasteiger partial charge in [-0.2, -0.15) is 0 Å². The molecule has 0 aromatic heterocycles. The largest absolute Gasteiger partial charge is 0.381 e. The van der Waals surface area contributed by atoms with Gasteiger partial charge in [-0.05, 0) is 35.7 Å². The average Bonchev–Trinajstić information content (AvgIpc) is 2.42. The van der Waals surface area contributed by atoms with Crippen LogP contribution in [0.4, 0.5) is 10.1 Å². The van der Waals surface area contributed by atoms with Crippen LogP contribution >= 0.6 is 0 Å². The zero-order valence-electron chi connectivity index (χ0n) is 11.2. The molecule has 0 radical (unpaired) electrons. The van der Waals surface area contributed by atoms with Crippen molar-refractivity contribution in [2.75, 3.05) is 12.4 Å². The lowest BCUT2D eigenvalue weighted by atomic mass is 10.1. The number of hydrogen-bond donors (Lipinski definition) is 1. The summed E-state index contributed by atoms with van der Waals surface area (Å²) in [5.74, 6) is -0.180. The van der Waals surface area contributed by atoms with E-state index >= 15 is 0 Å². The molecular formula is C16H18FNO. The van der Waals surface area contributed by atoms with Gasteiger partial charge in [0.15, 0.2) is 0 Å². The van der Waals surface area contributed by atoms with Gasteiger partial charge in [0.05, 0.1) is 6.61 Å². The number of aryl methyl sites for hydroxylation is 1. The van der Waals surface area contributed by atoms with Crippen LogP contribution in [0.3, 0.4) is 0 Å². The van der Waals surface area contributed by atoms with Crippen molar-refractivity contribution >= 4 is 5.69 Å². The molecule has 1 N–H and O–H groups in total. The smallest absolute Gasteiger partial charge is 0.128 e. The minimum absolute atomic E-state index is 0.180. The standard InChI is InChI=1S/C16H18FNO/c1-12-3-8-15(9-16(12)17)18-10-13-4-6-14(7-5-13)11-19-2/h3-9,18H,10-11H2,1-2H3. The fourth-order valence-corrected chi connectivity index (χ4v) is 1.83. The number of methoxy groups -OCH3 is 1. The number of halogens is 1. The first-order chi connectivity index (χ1) is 9.19. The second-order valence-corrected chi connectivity index (χ2v) is 4.57. The van der Waals surface area contributed by atoms with Gasteiger partial charge in [0.1, 0.15) is 5.82 Å². The van der Waals surface area contributed by atoms with E-state index in [-0.39, 0.29) is 5.82 Å². The Labute approximate surface area is 113 Å². The van der Waals surface area contributed by atoms with E-state index in [0.29, 0.717) is 18.7 Å². The molecule has 2 aromatic carbocycles. The van der Waals surface area contributed by atoms with Crippen LogP contribution in [0.25, 0.3) is 0 Å². The van der Waals surface area contributed by atoms with E-state index in [4.69, 9.17) is 4.74 Å².